The van der Waals surface area contributed by atoms with E-state index in [1.165, 1.54) is 51.6 Å². The Morgan fingerprint density at radius 1 is 0.526 bits per heavy atom. The van der Waals surface area contributed by atoms with E-state index in [1.54, 1.807) is 0 Å². The van der Waals surface area contributed by atoms with Crippen molar-refractivity contribution in [1.29, 1.82) is 0 Å². The molecule has 0 heterocycles. The van der Waals surface area contributed by atoms with Crippen molar-refractivity contribution >= 4 is 0 Å². The lowest BCUT2D eigenvalue weighted by Gasteiger charge is -2.23. The van der Waals surface area contributed by atoms with Crippen molar-refractivity contribution in [3.05, 3.63) is 0 Å². The van der Waals surface area contributed by atoms with Crippen LogP contribution in [-0.2, 0) is 4.74 Å². The van der Waals surface area contributed by atoms with Crippen LogP contribution >= 0.6 is 0 Å². The Labute approximate surface area is 121 Å². The third-order valence-electron chi connectivity index (χ3n) is 3.24. The van der Waals surface area contributed by atoms with E-state index >= 15 is 0 Å². The Balaban J connectivity index is 3.12. The maximum atomic E-state index is 5.69. The van der Waals surface area contributed by atoms with Gasteiger partial charge in [-0.2, -0.15) is 0 Å². The molecule has 0 aromatic heterocycles. The normalized spacial score (nSPS) is 12.9. The second-order valence-electron chi connectivity index (χ2n) is 7.76. The summed E-state index contributed by atoms with van der Waals surface area (Å²) in [5, 5.41) is 0. The molecule has 0 aromatic rings. The van der Waals surface area contributed by atoms with Crippen molar-refractivity contribution in [2.75, 3.05) is 68.6 Å². The quantitative estimate of drug-likeness (QED) is 0.393. The molecule has 0 spiro atoms. The number of hydrogen-bond acceptors (Lipinski definition) is 1. The van der Waals surface area contributed by atoms with Gasteiger partial charge in [0.1, 0.15) is 0 Å². The van der Waals surface area contributed by atoms with Gasteiger partial charge in [-0.1, -0.05) is 0 Å². The summed E-state index contributed by atoms with van der Waals surface area (Å²) in [4.78, 5) is 0. The molecule has 0 N–H and O–H groups in total. The molecular weight excluding hydrogens is 236 g/mol. The van der Waals surface area contributed by atoms with Crippen molar-refractivity contribution in [3.8, 4) is 0 Å². The number of hydrogen-bond donors (Lipinski definition) is 0. The van der Waals surface area contributed by atoms with E-state index < -0.39 is 0 Å². The molecule has 0 bridgehead atoms. The highest BCUT2D eigenvalue weighted by atomic mass is 16.5. The maximum Gasteiger partial charge on any atom is 0.0780 e. The van der Waals surface area contributed by atoms with Crippen LogP contribution in [0.15, 0.2) is 0 Å². The summed E-state index contributed by atoms with van der Waals surface area (Å²) >= 11 is 0. The molecule has 3 heteroatoms. The fraction of sp³-hybridized carbons (Fsp3) is 1.00. The van der Waals surface area contributed by atoms with Crippen LogP contribution in [0.1, 0.15) is 38.5 Å². The van der Waals surface area contributed by atoms with Gasteiger partial charge < -0.3 is 13.7 Å². The van der Waals surface area contributed by atoms with Crippen LogP contribution in [0.2, 0.25) is 0 Å². The molecule has 0 saturated carbocycles. The molecule has 0 radical (unpaired) electrons. The first kappa shape index (κ1) is 18.9. The van der Waals surface area contributed by atoms with Crippen molar-refractivity contribution in [2.45, 2.75) is 38.5 Å². The highest BCUT2D eigenvalue weighted by Gasteiger charge is 2.06. The van der Waals surface area contributed by atoms with Crippen LogP contribution in [0.4, 0.5) is 0 Å². The number of ether oxygens (including phenoxy) is 1. The van der Waals surface area contributed by atoms with Crippen LogP contribution in [0.3, 0.4) is 0 Å². The zero-order valence-corrected chi connectivity index (χ0v) is 14.4. The SMILES string of the molecule is C[N+](C)(C)CCCCCOCCCCC[N+](C)(C)C. The zero-order chi connectivity index (χ0) is 14.8. The number of nitrogens with zero attached hydrogens (tertiary/aromatic N) is 2. The van der Waals surface area contributed by atoms with E-state index in [0.717, 1.165) is 22.2 Å². The molecule has 0 aliphatic rings. The van der Waals surface area contributed by atoms with Gasteiger partial charge in [0.25, 0.3) is 0 Å². The molecule has 116 valence electrons. The van der Waals surface area contributed by atoms with Gasteiger partial charge >= 0.3 is 0 Å². The van der Waals surface area contributed by atoms with E-state index in [0.29, 0.717) is 0 Å². The molecule has 0 atom stereocenters. The minimum absolute atomic E-state index is 0.951. The third-order valence-corrected chi connectivity index (χ3v) is 3.24. The summed E-state index contributed by atoms with van der Waals surface area (Å²) in [6, 6.07) is 0. The Hall–Kier alpha value is -0.120. The van der Waals surface area contributed by atoms with Crippen molar-refractivity contribution in [1.82, 2.24) is 0 Å². The van der Waals surface area contributed by atoms with Gasteiger partial charge in [0.05, 0.1) is 55.4 Å². The lowest BCUT2D eigenvalue weighted by Crippen LogP contribution is -2.35. The fourth-order valence-electron chi connectivity index (χ4n) is 2.04. The summed E-state index contributed by atoms with van der Waals surface area (Å²) in [6.07, 6.45) is 7.68. The molecular formula is C16H38N2O+2. The highest BCUT2D eigenvalue weighted by Crippen LogP contribution is 2.03. The third kappa shape index (κ3) is 17.9. The molecule has 3 nitrogen and oxygen atoms in total. The molecule has 0 aliphatic carbocycles. The first-order valence-electron chi connectivity index (χ1n) is 7.89. The molecule has 0 fully saturated rings. The first-order chi connectivity index (χ1) is 8.71. The van der Waals surface area contributed by atoms with E-state index in [4.69, 9.17) is 4.74 Å². The summed E-state index contributed by atoms with van der Waals surface area (Å²) in [5.41, 5.74) is 0. The topological polar surface area (TPSA) is 9.23 Å². The van der Waals surface area contributed by atoms with Gasteiger partial charge in [-0.05, 0) is 38.5 Å². The van der Waals surface area contributed by atoms with Gasteiger partial charge in [0.2, 0.25) is 0 Å². The fourth-order valence-corrected chi connectivity index (χ4v) is 2.04. The van der Waals surface area contributed by atoms with Crippen LogP contribution in [0.25, 0.3) is 0 Å². The van der Waals surface area contributed by atoms with Crippen molar-refractivity contribution < 1.29 is 13.7 Å². The lowest BCUT2D eigenvalue weighted by atomic mass is 10.2. The van der Waals surface area contributed by atoms with Crippen LogP contribution < -0.4 is 0 Å². The molecule has 0 amide bonds. The predicted octanol–water partition coefficient (Wildman–Crippen LogP) is 2.76. The molecule has 0 aromatic carbocycles. The van der Waals surface area contributed by atoms with E-state index in [1.807, 2.05) is 0 Å². The summed E-state index contributed by atoms with van der Waals surface area (Å²) in [5.74, 6) is 0. The van der Waals surface area contributed by atoms with Crippen LogP contribution in [0.5, 0.6) is 0 Å². The average Bonchev–Trinajstić information content (AvgIpc) is 2.22. The summed E-state index contributed by atoms with van der Waals surface area (Å²) in [7, 11) is 13.5. The van der Waals surface area contributed by atoms with Gasteiger partial charge in [0, 0.05) is 13.2 Å². The number of unbranched alkanes of at least 4 members (excludes halogenated alkanes) is 4. The second kappa shape index (κ2) is 9.73. The van der Waals surface area contributed by atoms with Gasteiger partial charge in [-0.25, -0.2) is 0 Å². The lowest BCUT2D eigenvalue weighted by molar-refractivity contribution is -0.870. The largest absolute Gasteiger partial charge is 0.381 e. The number of quaternary nitrogens is 2. The first-order valence-corrected chi connectivity index (χ1v) is 7.89. The Kier molecular flexibility index (Phi) is 9.67. The van der Waals surface area contributed by atoms with Crippen LogP contribution in [-0.4, -0.2) is 77.6 Å². The van der Waals surface area contributed by atoms with Crippen LogP contribution in [0, 0.1) is 0 Å². The molecule has 0 aliphatic heterocycles. The van der Waals surface area contributed by atoms with Gasteiger partial charge in [-0.15, -0.1) is 0 Å². The van der Waals surface area contributed by atoms with Crippen molar-refractivity contribution in [2.24, 2.45) is 0 Å². The Bertz CT molecular complexity index is 182. The van der Waals surface area contributed by atoms with E-state index in [9.17, 15) is 0 Å². The Morgan fingerprint density at radius 2 is 0.895 bits per heavy atom. The standard InChI is InChI=1S/C16H38N2O/c1-17(2,3)13-9-7-11-15-19-16-12-8-10-14-18(4,5)6/h7-16H2,1-6H3/q+2. The zero-order valence-electron chi connectivity index (χ0n) is 14.4. The van der Waals surface area contributed by atoms with Crippen molar-refractivity contribution in [3.63, 3.8) is 0 Å². The van der Waals surface area contributed by atoms with E-state index in [2.05, 4.69) is 42.3 Å². The molecule has 0 saturated heterocycles. The molecule has 0 rings (SSSR count). The smallest absolute Gasteiger partial charge is 0.0780 e. The number of rotatable bonds is 12. The predicted molar refractivity (Wildman–Crippen MR) is 84.3 cm³/mol. The molecule has 19 heavy (non-hydrogen) atoms. The minimum Gasteiger partial charge on any atom is -0.381 e. The van der Waals surface area contributed by atoms with Gasteiger partial charge in [-0.3, -0.25) is 0 Å². The monoisotopic (exact) mass is 274 g/mol. The van der Waals surface area contributed by atoms with Gasteiger partial charge in [0.15, 0.2) is 0 Å². The average molecular weight is 274 g/mol. The van der Waals surface area contributed by atoms with E-state index in [-0.39, 0.29) is 0 Å². The maximum absolute atomic E-state index is 5.69. The minimum atomic E-state index is 0.951. The molecule has 0 unspecified atom stereocenters. The summed E-state index contributed by atoms with van der Waals surface area (Å²) in [6.45, 7) is 4.44. The second-order valence-corrected chi connectivity index (χ2v) is 7.76. The summed E-state index contributed by atoms with van der Waals surface area (Å²) < 4.78 is 7.84. The highest BCUT2D eigenvalue weighted by molar-refractivity contribution is 4.43. The Morgan fingerprint density at radius 3 is 1.21 bits per heavy atom.